The third-order valence-corrected chi connectivity index (χ3v) is 4.93. The normalized spacial score (nSPS) is 10.6. The van der Waals surface area contributed by atoms with Crippen LogP contribution >= 0.6 is 0 Å². The standard InChI is InChI=1S/C23H26N2O3/c1-15-8-6-7-9-20(15)25-16(2)12-19(17(25)3)23(26)24-14-18-10-11-21(27-4)22(13-18)28-5/h6-13H,14H2,1-5H3,(H,24,26). The highest BCUT2D eigenvalue weighted by Crippen LogP contribution is 2.27. The van der Waals surface area contributed by atoms with E-state index in [4.69, 9.17) is 9.47 Å². The predicted molar refractivity (Wildman–Crippen MR) is 111 cm³/mol. The number of nitrogens with one attached hydrogen (secondary N) is 1. The van der Waals surface area contributed by atoms with E-state index in [1.54, 1.807) is 14.2 Å². The molecule has 1 N–H and O–H groups in total. The maximum absolute atomic E-state index is 12.8. The van der Waals surface area contributed by atoms with Gasteiger partial charge in [-0.05, 0) is 56.2 Å². The van der Waals surface area contributed by atoms with Crippen LogP contribution < -0.4 is 14.8 Å². The van der Waals surface area contributed by atoms with Crippen molar-refractivity contribution in [2.45, 2.75) is 27.3 Å². The Morgan fingerprint density at radius 3 is 2.36 bits per heavy atom. The molecule has 5 nitrogen and oxygen atoms in total. The number of amides is 1. The Hall–Kier alpha value is -3.21. The average molecular weight is 378 g/mol. The minimum absolute atomic E-state index is 0.0947. The van der Waals surface area contributed by atoms with E-state index < -0.39 is 0 Å². The summed E-state index contributed by atoms with van der Waals surface area (Å²) in [7, 11) is 3.20. The number of hydrogen-bond donors (Lipinski definition) is 1. The van der Waals surface area contributed by atoms with Crippen LogP contribution in [0.3, 0.4) is 0 Å². The second kappa shape index (κ2) is 8.21. The first kappa shape index (κ1) is 19.5. The molecule has 0 bridgehead atoms. The molecule has 28 heavy (non-hydrogen) atoms. The van der Waals surface area contributed by atoms with Gasteiger partial charge in [-0.25, -0.2) is 0 Å². The van der Waals surface area contributed by atoms with E-state index in [9.17, 15) is 4.79 Å². The molecule has 0 atom stereocenters. The summed E-state index contributed by atoms with van der Waals surface area (Å²) in [5, 5.41) is 3.00. The number of carbonyl (C=O) groups is 1. The van der Waals surface area contributed by atoms with Crippen molar-refractivity contribution in [3.05, 3.63) is 76.6 Å². The van der Waals surface area contributed by atoms with E-state index in [2.05, 4.69) is 28.9 Å². The van der Waals surface area contributed by atoms with E-state index in [0.29, 0.717) is 23.6 Å². The number of nitrogens with zero attached hydrogens (tertiary/aromatic N) is 1. The second-order valence-corrected chi connectivity index (χ2v) is 6.78. The van der Waals surface area contributed by atoms with Gasteiger partial charge < -0.3 is 19.4 Å². The molecule has 1 heterocycles. The second-order valence-electron chi connectivity index (χ2n) is 6.78. The third kappa shape index (κ3) is 3.74. The number of carbonyl (C=O) groups excluding carboxylic acids is 1. The molecule has 1 aromatic heterocycles. The first-order valence-corrected chi connectivity index (χ1v) is 9.20. The highest BCUT2D eigenvalue weighted by Gasteiger charge is 2.17. The molecule has 0 saturated carbocycles. The summed E-state index contributed by atoms with van der Waals surface area (Å²) in [4.78, 5) is 12.8. The molecule has 0 saturated heterocycles. The summed E-state index contributed by atoms with van der Waals surface area (Å²) in [6.45, 7) is 6.48. The molecule has 0 aliphatic rings. The van der Waals surface area contributed by atoms with Crippen LogP contribution in [-0.4, -0.2) is 24.7 Å². The number of aromatic nitrogens is 1. The molecule has 1 amide bonds. The molecular formula is C23H26N2O3. The van der Waals surface area contributed by atoms with Crippen molar-refractivity contribution in [1.29, 1.82) is 0 Å². The average Bonchev–Trinajstić information content (AvgIpc) is 3.00. The van der Waals surface area contributed by atoms with E-state index in [0.717, 1.165) is 22.6 Å². The summed E-state index contributed by atoms with van der Waals surface area (Å²) in [6, 6.07) is 15.7. The van der Waals surface area contributed by atoms with E-state index in [1.807, 2.05) is 50.2 Å². The van der Waals surface area contributed by atoms with Gasteiger partial charge in [0.1, 0.15) is 0 Å². The molecule has 3 aromatic rings. The van der Waals surface area contributed by atoms with Crippen LogP contribution in [0, 0.1) is 20.8 Å². The van der Waals surface area contributed by atoms with Gasteiger partial charge in [-0.2, -0.15) is 0 Å². The summed E-state index contributed by atoms with van der Waals surface area (Å²) in [6.07, 6.45) is 0. The first-order chi connectivity index (χ1) is 13.5. The van der Waals surface area contributed by atoms with E-state index >= 15 is 0 Å². The van der Waals surface area contributed by atoms with Gasteiger partial charge in [-0.1, -0.05) is 24.3 Å². The van der Waals surface area contributed by atoms with Crippen molar-refractivity contribution in [1.82, 2.24) is 9.88 Å². The van der Waals surface area contributed by atoms with Crippen molar-refractivity contribution < 1.29 is 14.3 Å². The largest absolute Gasteiger partial charge is 0.493 e. The number of rotatable bonds is 6. The third-order valence-electron chi connectivity index (χ3n) is 4.93. The zero-order chi connectivity index (χ0) is 20.3. The summed E-state index contributed by atoms with van der Waals surface area (Å²) < 4.78 is 12.7. The molecule has 0 radical (unpaired) electrons. The molecule has 0 fully saturated rings. The van der Waals surface area contributed by atoms with Gasteiger partial charge >= 0.3 is 0 Å². The topological polar surface area (TPSA) is 52.5 Å². The van der Waals surface area contributed by atoms with Gasteiger partial charge in [0.2, 0.25) is 0 Å². The lowest BCUT2D eigenvalue weighted by atomic mass is 10.1. The lowest BCUT2D eigenvalue weighted by molar-refractivity contribution is 0.0950. The van der Waals surface area contributed by atoms with E-state index in [1.165, 1.54) is 5.56 Å². The Morgan fingerprint density at radius 2 is 1.68 bits per heavy atom. The number of benzene rings is 2. The SMILES string of the molecule is COc1ccc(CNC(=O)c2cc(C)n(-c3ccccc3C)c2C)cc1OC. The highest BCUT2D eigenvalue weighted by molar-refractivity contribution is 5.95. The Kier molecular flexibility index (Phi) is 5.73. The van der Waals surface area contributed by atoms with Crippen LogP contribution in [0.5, 0.6) is 11.5 Å². The van der Waals surface area contributed by atoms with Crippen LogP contribution in [0.15, 0.2) is 48.5 Å². The van der Waals surface area contributed by atoms with Crippen molar-refractivity contribution in [3.8, 4) is 17.2 Å². The van der Waals surface area contributed by atoms with Gasteiger partial charge in [0.25, 0.3) is 5.91 Å². The Labute approximate surface area is 165 Å². The van der Waals surface area contributed by atoms with Crippen LogP contribution in [-0.2, 0) is 6.54 Å². The van der Waals surface area contributed by atoms with Crippen LogP contribution in [0.1, 0.15) is 32.9 Å². The van der Waals surface area contributed by atoms with Crippen molar-refractivity contribution in [2.75, 3.05) is 14.2 Å². The fourth-order valence-corrected chi connectivity index (χ4v) is 3.45. The van der Waals surface area contributed by atoms with Gasteiger partial charge in [0.05, 0.1) is 19.8 Å². The smallest absolute Gasteiger partial charge is 0.253 e. The van der Waals surface area contributed by atoms with Crippen molar-refractivity contribution >= 4 is 5.91 Å². The summed E-state index contributed by atoms with van der Waals surface area (Å²) in [5.41, 5.74) is 5.85. The summed E-state index contributed by atoms with van der Waals surface area (Å²) >= 11 is 0. The number of para-hydroxylation sites is 1. The highest BCUT2D eigenvalue weighted by atomic mass is 16.5. The van der Waals surface area contributed by atoms with Gasteiger partial charge in [-0.3, -0.25) is 4.79 Å². The fraction of sp³-hybridized carbons (Fsp3) is 0.261. The van der Waals surface area contributed by atoms with Crippen LogP contribution in [0.2, 0.25) is 0 Å². The lowest BCUT2D eigenvalue weighted by Gasteiger charge is -2.13. The van der Waals surface area contributed by atoms with Gasteiger partial charge in [0.15, 0.2) is 11.5 Å². The number of hydrogen-bond acceptors (Lipinski definition) is 3. The number of ether oxygens (including phenoxy) is 2. The molecule has 0 unspecified atom stereocenters. The molecule has 3 rings (SSSR count). The van der Waals surface area contributed by atoms with Gasteiger partial charge in [0, 0.05) is 23.6 Å². The molecule has 5 heteroatoms. The fourth-order valence-electron chi connectivity index (χ4n) is 3.45. The Bertz CT molecular complexity index is 1010. The van der Waals surface area contributed by atoms with E-state index in [-0.39, 0.29) is 5.91 Å². The molecular weight excluding hydrogens is 352 g/mol. The lowest BCUT2D eigenvalue weighted by Crippen LogP contribution is -2.23. The predicted octanol–water partition coefficient (Wildman–Crippen LogP) is 4.35. The maximum atomic E-state index is 12.8. The minimum atomic E-state index is -0.0947. The van der Waals surface area contributed by atoms with Gasteiger partial charge in [-0.15, -0.1) is 0 Å². The number of aryl methyl sites for hydroxylation is 2. The zero-order valence-corrected chi connectivity index (χ0v) is 17.0. The summed E-state index contributed by atoms with van der Waals surface area (Å²) in [5.74, 6) is 1.22. The zero-order valence-electron chi connectivity index (χ0n) is 17.0. The number of methoxy groups -OCH3 is 2. The monoisotopic (exact) mass is 378 g/mol. The molecule has 146 valence electrons. The maximum Gasteiger partial charge on any atom is 0.253 e. The Morgan fingerprint density at radius 1 is 0.964 bits per heavy atom. The molecule has 0 aliphatic carbocycles. The molecule has 2 aromatic carbocycles. The van der Waals surface area contributed by atoms with Crippen molar-refractivity contribution in [3.63, 3.8) is 0 Å². The minimum Gasteiger partial charge on any atom is -0.493 e. The quantitative estimate of drug-likeness (QED) is 0.694. The van der Waals surface area contributed by atoms with Crippen LogP contribution in [0.4, 0.5) is 0 Å². The Balaban J connectivity index is 1.81. The van der Waals surface area contributed by atoms with Crippen molar-refractivity contribution in [2.24, 2.45) is 0 Å². The van der Waals surface area contributed by atoms with Crippen LogP contribution in [0.25, 0.3) is 5.69 Å². The first-order valence-electron chi connectivity index (χ1n) is 9.20. The molecule has 0 aliphatic heterocycles. The molecule has 0 spiro atoms.